The predicted molar refractivity (Wildman–Crippen MR) is 79.6 cm³/mol. The van der Waals surface area contributed by atoms with Gasteiger partial charge < -0.3 is 0 Å². The molecule has 1 atom stereocenters. The summed E-state index contributed by atoms with van der Waals surface area (Å²) in [4.78, 5) is 4.23. The minimum atomic E-state index is -0.345. The van der Waals surface area contributed by atoms with Gasteiger partial charge in [0.15, 0.2) is 0 Å². The van der Waals surface area contributed by atoms with E-state index in [0.29, 0.717) is 20.8 Å². The lowest BCUT2D eigenvalue weighted by molar-refractivity contribution is 0.621. The van der Waals surface area contributed by atoms with Gasteiger partial charge in [-0.15, -0.1) is 0 Å². The first-order valence-corrected chi connectivity index (χ1v) is 6.69. The zero-order valence-corrected chi connectivity index (χ0v) is 12.4. The number of pyridine rings is 1. The topological polar surface area (TPSA) is 50.9 Å². The second-order valence-corrected chi connectivity index (χ2v) is 5.38. The number of halogens is 3. The SMILES string of the molecule is Cc1ccc(C(NN)c2ncc(Cl)cc2Cl)cc1Cl. The molecular formula is C13H12Cl3N3. The quantitative estimate of drug-likeness (QED) is 0.667. The fourth-order valence-electron chi connectivity index (χ4n) is 1.76. The van der Waals surface area contributed by atoms with E-state index in [0.717, 1.165) is 11.1 Å². The van der Waals surface area contributed by atoms with Gasteiger partial charge in [0, 0.05) is 11.2 Å². The Morgan fingerprint density at radius 1 is 1.16 bits per heavy atom. The second kappa shape index (κ2) is 6.07. The maximum Gasteiger partial charge on any atom is 0.0897 e. The van der Waals surface area contributed by atoms with Crippen molar-refractivity contribution in [1.29, 1.82) is 0 Å². The van der Waals surface area contributed by atoms with Crippen LogP contribution in [0.5, 0.6) is 0 Å². The summed E-state index contributed by atoms with van der Waals surface area (Å²) in [7, 11) is 0. The summed E-state index contributed by atoms with van der Waals surface area (Å²) in [5.41, 5.74) is 5.18. The summed E-state index contributed by atoms with van der Waals surface area (Å²) in [6.45, 7) is 1.94. The average Bonchev–Trinajstić information content (AvgIpc) is 2.37. The van der Waals surface area contributed by atoms with E-state index < -0.39 is 0 Å². The molecule has 1 unspecified atom stereocenters. The standard InChI is InChI=1S/C13H12Cl3N3/c1-7-2-3-8(4-10(7)15)12(19-17)13-11(16)5-9(14)6-18-13/h2-6,12,19H,17H2,1H3. The number of rotatable bonds is 3. The summed E-state index contributed by atoms with van der Waals surface area (Å²) in [5.74, 6) is 5.61. The molecule has 19 heavy (non-hydrogen) atoms. The molecule has 0 bridgehead atoms. The molecule has 3 nitrogen and oxygen atoms in total. The van der Waals surface area contributed by atoms with Crippen molar-refractivity contribution >= 4 is 34.8 Å². The Morgan fingerprint density at radius 2 is 1.89 bits per heavy atom. The molecule has 100 valence electrons. The van der Waals surface area contributed by atoms with Gasteiger partial charge in [-0.3, -0.25) is 10.8 Å². The van der Waals surface area contributed by atoms with Gasteiger partial charge >= 0.3 is 0 Å². The van der Waals surface area contributed by atoms with Crippen LogP contribution in [0.25, 0.3) is 0 Å². The third-order valence-electron chi connectivity index (χ3n) is 2.81. The van der Waals surface area contributed by atoms with Crippen LogP contribution < -0.4 is 11.3 Å². The first-order chi connectivity index (χ1) is 9.02. The zero-order valence-electron chi connectivity index (χ0n) is 10.1. The molecule has 0 amide bonds. The number of aryl methyl sites for hydroxylation is 1. The molecule has 0 aliphatic heterocycles. The van der Waals surface area contributed by atoms with E-state index in [9.17, 15) is 0 Å². The molecule has 6 heteroatoms. The minimum Gasteiger partial charge on any atom is -0.271 e. The third kappa shape index (κ3) is 3.19. The van der Waals surface area contributed by atoms with E-state index >= 15 is 0 Å². The average molecular weight is 317 g/mol. The zero-order chi connectivity index (χ0) is 14.0. The fourth-order valence-corrected chi connectivity index (χ4v) is 2.44. The van der Waals surface area contributed by atoms with Crippen LogP contribution in [-0.2, 0) is 0 Å². The van der Waals surface area contributed by atoms with Crippen LogP contribution in [0.1, 0.15) is 22.9 Å². The highest BCUT2D eigenvalue weighted by atomic mass is 35.5. The summed E-state index contributed by atoms with van der Waals surface area (Å²) in [6.07, 6.45) is 1.53. The van der Waals surface area contributed by atoms with Gasteiger partial charge in [0.05, 0.1) is 21.8 Å². The number of hydrazine groups is 1. The minimum absolute atomic E-state index is 0.345. The first kappa shape index (κ1) is 14.6. The summed E-state index contributed by atoms with van der Waals surface area (Å²) < 4.78 is 0. The van der Waals surface area contributed by atoms with Crippen LogP contribution in [0, 0.1) is 6.92 Å². The van der Waals surface area contributed by atoms with Crippen LogP contribution in [0.2, 0.25) is 15.1 Å². The first-order valence-electron chi connectivity index (χ1n) is 5.56. The highest BCUT2D eigenvalue weighted by Gasteiger charge is 2.18. The lowest BCUT2D eigenvalue weighted by Crippen LogP contribution is -2.29. The van der Waals surface area contributed by atoms with Crippen molar-refractivity contribution in [3.05, 3.63) is 62.4 Å². The molecule has 3 N–H and O–H groups in total. The van der Waals surface area contributed by atoms with Crippen LogP contribution >= 0.6 is 34.8 Å². The highest BCUT2D eigenvalue weighted by molar-refractivity contribution is 6.34. The van der Waals surface area contributed by atoms with E-state index in [1.54, 1.807) is 6.07 Å². The Labute approximate surface area is 126 Å². The Morgan fingerprint density at radius 3 is 2.47 bits per heavy atom. The molecule has 2 rings (SSSR count). The number of hydrogen-bond donors (Lipinski definition) is 2. The summed E-state index contributed by atoms with van der Waals surface area (Å²) in [5, 5.41) is 1.60. The van der Waals surface area contributed by atoms with Crippen molar-refractivity contribution in [1.82, 2.24) is 10.4 Å². The predicted octanol–water partition coefficient (Wildman–Crippen LogP) is 3.90. The smallest absolute Gasteiger partial charge is 0.0897 e. The maximum atomic E-state index is 6.15. The van der Waals surface area contributed by atoms with Gasteiger partial charge in [-0.1, -0.05) is 46.9 Å². The maximum absolute atomic E-state index is 6.15. The Bertz CT molecular complexity index is 602. The van der Waals surface area contributed by atoms with Crippen molar-refractivity contribution in [2.75, 3.05) is 0 Å². The van der Waals surface area contributed by atoms with Crippen LogP contribution in [0.3, 0.4) is 0 Å². The monoisotopic (exact) mass is 315 g/mol. The molecule has 1 aromatic heterocycles. The van der Waals surface area contributed by atoms with Crippen molar-refractivity contribution in [2.24, 2.45) is 5.84 Å². The number of hydrogen-bond acceptors (Lipinski definition) is 3. The molecule has 0 radical (unpaired) electrons. The Kier molecular flexibility index (Phi) is 4.66. The van der Waals surface area contributed by atoms with Crippen molar-refractivity contribution in [2.45, 2.75) is 13.0 Å². The van der Waals surface area contributed by atoms with Gasteiger partial charge in [-0.2, -0.15) is 0 Å². The normalized spacial score (nSPS) is 12.5. The van der Waals surface area contributed by atoms with Gasteiger partial charge in [-0.05, 0) is 30.2 Å². The van der Waals surface area contributed by atoms with Crippen molar-refractivity contribution < 1.29 is 0 Å². The lowest BCUT2D eigenvalue weighted by atomic mass is 10.0. The molecule has 0 saturated heterocycles. The second-order valence-electron chi connectivity index (χ2n) is 4.13. The highest BCUT2D eigenvalue weighted by Crippen LogP contribution is 2.29. The largest absolute Gasteiger partial charge is 0.271 e. The van der Waals surface area contributed by atoms with Gasteiger partial charge in [-0.25, -0.2) is 5.43 Å². The van der Waals surface area contributed by atoms with Crippen molar-refractivity contribution in [3.8, 4) is 0 Å². The molecule has 0 aliphatic rings. The van der Waals surface area contributed by atoms with E-state index in [2.05, 4.69) is 10.4 Å². The van der Waals surface area contributed by atoms with E-state index in [4.69, 9.17) is 40.6 Å². The van der Waals surface area contributed by atoms with E-state index in [1.165, 1.54) is 6.20 Å². The Balaban J connectivity index is 2.46. The molecule has 0 saturated carbocycles. The molecule has 1 aromatic carbocycles. The van der Waals surface area contributed by atoms with Gasteiger partial charge in [0.1, 0.15) is 0 Å². The molecule has 1 heterocycles. The molecule has 0 spiro atoms. The van der Waals surface area contributed by atoms with E-state index in [-0.39, 0.29) is 6.04 Å². The molecular weight excluding hydrogens is 305 g/mol. The molecule has 2 aromatic rings. The third-order valence-corrected chi connectivity index (χ3v) is 3.72. The lowest BCUT2D eigenvalue weighted by Gasteiger charge is -2.18. The number of nitrogens with one attached hydrogen (secondary N) is 1. The number of nitrogens with zero attached hydrogens (tertiary/aromatic N) is 1. The van der Waals surface area contributed by atoms with Crippen LogP contribution in [0.4, 0.5) is 0 Å². The molecule has 0 aliphatic carbocycles. The van der Waals surface area contributed by atoms with Gasteiger partial charge in [0.2, 0.25) is 0 Å². The van der Waals surface area contributed by atoms with Crippen molar-refractivity contribution in [3.63, 3.8) is 0 Å². The summed E-state index contributed by atoms with van der Waals surface area (Å²) >= 11 is 18.1. The molecule has 0 fully saturated rings. The fraction of sp³-hybridized carbons (Fsp3) is 0.154. The number of benzene rings is 1. The number of aromatic nitrogens is 1. The van der Waals surface area contributed by atoms with Crippen LogP contribution in [0.15, 0.2) is 30.5 Å². The van der Waals surface area contributed by atoms with E-state index in [1.807, 2.05) is 25.1 Å². The van der Waals surface area contributed by atoms with Gasteiger partial charge in [0.25, 0.3) is 0 Å². The number of nitrogens with two attached hydrogens (primary N) is 1. The Hall–Kier alpha value is -0.840. The summed E-state index contributed by atoms with van der Waals surface area (Å²) in [6, 6.07) is 6.98. The van der Waals surface area contributed by atoms with Crippen LogP contribution in [-0.4, -0.2) is 4.98 Å².